The average molecular weight is 276 g/mol. The number of unbranched alkanes of at least 4 members (excludes halogenated alkanes) is 1. The van der Waals surface area contributed by atoms with E-state index in [1.807, 2.05) is 4.90 Å². The van der Waals surface area contributed by atoms with Crippen LogP contribution in [0.5, 0.6) is 0 Å². The Bertz CT molecular complexity index is 230. The third kappa shape index (κ3) is 6.05. The third-order valence-electron chi connectivity index (χ3n) is 3.44. The molecule has 1 rings (SSSR count). The highest BCUT2D eigenvalue weighted by Crippen LogP contribution is 2.17. The second-order valence-corrected chi connectivity index (χ2v) is 5.33. The van der Waals surface area contributed by atoms with E-state index in [1.165, 1.54) is 12.8 Å². The Kier molecular flexibility index (Phi) is 8.44. The molecule has 0 aromatic rings. The maximum absolute atomic E-state index is 12.1. The molecular formula is C14H26ClNO2. The summed E-state index contributed by atoms with van der Waals surface area (Å²) in [6.07, 6.45) is 7.44. The zero-order valence-corrected chi connectivity index (χ0v) is 12.3. The van der Waals surface area contributed by atoms with Gasteiger partial charge in [0, 0.05) is 32.0 Å². The molecule has 1 amide bonds. The number of carbonyl (C=O) groups excluding carboxylic acids is 1. The Morgan fingerprint density at radius 1 is 1.39 bits per heavy atom. The van der Waals surface area contributed by atoms with Crippen molar-refractivity contribution >= 4 is 17.5 Å². The Morgan fingerprint density at radius 2 is 2.22 bits per heavy atom. The maximum atomic E-state index is 12.1. The van der Waals surface area contributed by atoms with Crippen LogP contribution in [0.2, 0.25) is 0 Å². The number of rotatable bonds is 8. The monoisotopic (exact) mass is 275 g/mol. The van der Waals surface area contributed by atoms with Crippen molar-refractivity contribution < 1.29 is 9.53 Å². The lowest BCUT2D eigenvalue weighted by molar-refractivity contribution is -0.132. The van der Waals surface area contributed by atoms with Gasteiger partial charge in [-0.15, -0.1) is 11.6 Å². The fraction of sp³-hybridized carbons (Fsp3) is 0.929. The molecule has 1 saturated heterocycles. The smallest absolute Gasteiger partial charge is 0.222 e. The van der Waals surface area contributed by atoms with Crippen LogP contribution in [-0.4, -0.2) is 42.5 Å². The minimum Gasteiger partial charge on any atom is -0.378 e. The fourth-order valence-corrected chi connectivity index (χ4v) is 2.49. The van der Waals surface area contributed by atoms with Crippen LogP contribution in [0.4, 0.5) is 0 Å². The molecule has 0 N–H and O–H groups in total. The first-order valence-corrected chi connectivity index (χ1v) is 7.76. The summed E-state index contributed by atoms with van der Waals surface area (Å²) in [4.78, 5) is 14.0. The highest BCUT2D eigenvalue weighted by atomic mass is 35.5. The van der Waals surface area contributed by atoms with E-state index in [0.717, 1.165) is 38.8 Å². The first-order chi connectivity index (χ1) is 8.77. The number of hydrogen-bond acceptors (Lipinski definition) is 2. The normalized spacial score (nSPS) is 19.8. The van der Waals surface area contributed by atoms with Crippen LogP contribution < -0.4 is 0 Å². The van der Waals surface area contributed by atoms with Crippen LogP contribution in [0.3, 0.4) is 0 Å². The quantitative estimate of drug-likeness (QED) is 0.637. The van der Waals surface area contributed by atoms with Gasteiger partial charge in [-0.25, -0.2) is 0 Å². The van der Waals surface area contributed by atoms with Gasteiger partial charge < -0.3 is 9.64 Å². The summed E-state index contributed by atoms with van der Waals surface area (Å²) >= 11 is 5.75. The summed E-state index contributed by atoms with van der Waals surface area (Å²) in [5.41, 5.74) is 0. The summed E-state index contributed by atoms with van der Waals surface area (Å²) < 4.78 is 5.65. The van der Waals surface area contributed by atoms with Crippen molar-refractivity contribution in [3.63, 3.8) is 0 Å². The molecule has 1 aliphatic rings. The lowest BCUT2D eigenvalue weighted by Gasteiger charge is -2.25. The van der Waals surface area contributed by atoms with Crippen molar-refractivity contribution in [2.45, 2.75) is 58.0 Å². The lowest BCUT2D eigenvalue weighted by Crippen LogP contribution is -2.34. The van der Waals surface area contributed by atoms with Crippen molar-refractivity contribution in [2.24, 2.45) is 0 Å². The number of ether oxygens (including phenoxy) is 1. The third-order valence-corrected chi connectivity index (χ3v) is 3.61. The van der Waals surface area contributed by atoms with Crippen molar-refractivity contribution in [2.75, 3.05) is 25.6 Å². The van der Waals surface area contributed by atoms with Crippen molar-refractivity contribution in [1.82, 2.24) is 4.90 Å². The van der Waals surface area contributed by atoms with Gasteiger partial charge in [0.15, 0.2) is 0 Å². The summed E-state index contributed by atoms with van der Waals surface area (Å²) in [7, 11) is 0. The minimum atomic E-state index is 0.235. The van der Waals surface area contributed by atoms with Crippen LogP contribution in [0, 0.1) is 0 Å². The van der Waals surface area contributed by atoms with E-state index >= 15 is 0 Å². The zero-order chi connectivity index (χ0) is 13.2. The number of hydrogen-bond donors (Lipinski definition) is 0. The van der Waals surface area contributed by atoms with Gasteiger partial charge in [-0.05, 0) is 32.1 Å². The summed E-state index contributed by atoms with van der Waals surface area (Å²) in [5, 5.41) is 0. The number of alkyl halides is 1. The molecule has 1 aliphatic heterocycles. The van der Waals surface area contributed by atoms with Gasteiger partial charge in [0.1, 0.15) is 0 Å². The van der Waals surface area contributed by atoms with Gasteiger partial charge in [0.2, 0.25) is 5.91 Å². The largest absolute Gasteiger partial charge is 0.378 e. The predicted molar refractivity (Wildman–Crippen MR) is 75.0 cm³/mol. The highest BCUT2D eigenvalue weighted by Gasteiger charge is 2.18. The maximum Gasteiger partial charge on any atom is 0.222 e. The molecule has 0 aromatic heterocycles. The molecule has 4 heteroatoms. The first kappa shape index (κ1) is 15.8. The molecule has 0 spiro atoms. The van der Waals surface area contributed by atoms with Crippen LogP contribution in [0.15, 0.2) is 0 Å². The number of nitrogens with zero attached hydrogens (tertiary/aromatic N) is 1. The van der Waals surface area contributed by atoms with Gasteiger partial charge in [0.05, 0.1) is 6.10 Å². The van der Waals surface area contributed by atoms with Crippen LogP contribution >= 0.6 is 11.6 Å². The van der Waals surface area contributed by atoms with Gasteiger partial charge in [-0.1, -0.05) is 13.3 Å². The molecule has 0 bridgehead atoms. The molecule has 106 valence electrons. The summed E-state index contributed by atoms with van der Waals surface area (Å²) in [5.74, 6) is 0.758. The van der Waals surface area contributed by atoms with Crippen molar-refractivity contribution in [3.05, 3.63) is 0 Å². The number of carbonyl (C=O) groups is 1. The van der Waals surface area contributed by atoms with Gasteiger partial charge in [-0.3, -0.25) is 4.79 Å². The van der Waals surface area contributed by atoms with E-state index in [2.05, 4.69) is 6.92 Å². The van der Waals surface area contributed by atoms with Gasteiger partial charge in [0.25, 0.3) is 0 Å². The van der Waals surface area contributed by atoms with E-state index in [9.17, 15) is 4.79 Å². The fourth-order valence-electron chi connectivity index (χ4n) is 2.29. The van der Waals surface area contributed by atoms with Gasteiger partial charge in [-0.2, -0.15) is 0 Å². The Balaban J connectivity index is 2.26. The van der Waals surface area contributed by atoms with Crippen LogP contribution in [0.1, 0.15) is 51.9 Å². The Hall–Kier alpha value is -0.280. The molecular weight excluding hydrogens is 250 g/mol. The lowest BCUT2D eigenvalue weighted by atomic mass is 10.0. The van der Waals surface area contributed by atoms with Crippen LogP contribution in [-0.2, 0) is 9.53 Å². The molecule has 0 radical (unpaired) electrons. The predicted octanol–water partition coefficient (Wildman–Crippen LogP) is 3.20. The molecule has 0 saturated carbocycles. The molecule has 1 atom stereocenters. The summed E-state index contributed by atoms with van der Waals surface area (Å²) in [6, 6.07) is 0. The molecule has 1 unspecified atom stereocenters. The van der Waals surface area contributed by atoms with E-state index in [4.69, 9.17) is 16.3 Å². The van der Waals surface area contributed by atoms with Crippen molar-refractivity contribution in [3.8, 4) is 0 Å². The molecule has 1 fully saturated rings. The number of amides is 1. The van der Waals surface area contributed by atoms with E-state index < -0.39 is 0 Å². The Labute approximate surface area is 116 Å². The topological polar surface area (TPSA) is 29.5 Å². The summed E-state index contributed by atoms with van der Waals surface area (Å²) in [6.45, 7) is 4.51. The average Bonchev–Trinajstić information content (AvgIpc) is 2.42. The molecule has 3 nitrogen and oxygen atoms in total. The SMILES string of the molecule is CCCCN(CCCl)C(=O)CCC1CCCCO1. The van der Waals surface area contributed by atoms with Crippen molar-refractivity contribution in [1.29, 1.82) is 0 Å². The second kappa shape index (κ2) is 9.62. The first-order valence-electron chi connectivity index (χ1n) is 7.23. The highest BCUT2D eigenvalue weighted by molar-refractivity contribution is 6.18. The van der Waals surface area contributed by atoms with Gasteiger partial charge >= 0.3 is 0 Å². The molecule has 1 heterocycles. The minimum absolute atomic E-state index is 0.235. The Morgan fingerprint density at radius 3 is 2.83 bits per heavy atom. The van der Waals surface area contributed by atoms with E-state index in [-0.39, 0.29) is 5.91 Å². The molecule has 0 aliphatic carbocycles. The zero-order valence-electron chi connectivity index (χ0n) is 11.5. The van der Waals surface area contributed by atoms with E-state index in [1.54, 1.807) is 0 Å². The second-order valence-electron chi connectivity index (χ2n) is 4.95. The number of halogens is 1. The molecule has 0 aromatic carbocycles. The van der Waals surface area contributed by atoms with E-state index in [0.29, 0.717) is 24.9 Å². The van der Waals surface area contributed by atoms with Crippen LogP contribution in [0.25, 0.3) is 0 Å². The molecule has 18 heavy (non-hydrogen) atoms. The standard InChI is InChI=1S/C14H26ClNO2/c1-2-3-10-16(11-9-15)14(17)8-7-13-6-4-5-12-18-13/h13H,2-12H2,1H3.